The average Bonchev–Trinajstić information content (AvgIpc) is 2.27. The second kappa shape index (κ2) is 6.37. The van der Waals surface area contributed by atoms with Gasteiger partial charge in [0, 0.05) is 7.11 Å². The maximum Gasteiger partial charge on any atom is 0.267 e. The Hall–Kier alpha value is -1.40. The summed E-state index contributed by atoms with van der Waals surface area (Å²) in [4.78, 5) is 12.1. The maximum absolute atomic E-state index is 12.1. The zero-order valence-corrected chi connectivity index (χ0v) is 13.0. The van der Waals surface area contributed by atoms with Crippen LogP contribution in [0.25, 0.3) is 0 Å². The van der Waals surface area contributed by atoms with Gasteiger partial charge in [-0.25, -0.2) is 8.42 Å². The predicted molar refractivity (Wildman–Crippen MR) is 77.6 cm³/mol. The fourth-order valence-corrected chi connectivity index (χ4v) is 3.46. The minimum atomic E-state index is -3.68. The molecule has 1 N–H and O–H groups in total. The Morgan fingerprint density at radius 3 is 2.25 bits per heavy atom. The summed E-state index contributed by atoms with van der Waals surface area (Å²) >= 11 is 0. The van der Waals surface area contributed by atoms with Crippen LogP contribution in [0.5, 0.6) is 0 Å². The van der Waals surface area contributed by atoms with Crippen LogP contribution in [0.15, 0.2) is 30.3 Å². The molecule has 0 fully saturated rings. The number of carbonyl (C=O) groups is 1. The number of rotatable bonds is 5. The highest BCUT2D eigenvalue weighted by atomic mass is 32.2. The molecule has 0 aromatic heterocycles. The first-order valence-corrected chi connectivity index (χ1v) is 7.92. The number of amides is 1. The average molecular weight is 299 g/mol. The van der Waals surface area contributed by atoms with E-state index in [4.69, 9.17) is 4.74 Å². The molecule has 0 spiro atoms. The van der Waals surface area contributed by atoms with E-state index in [9.17, 15) is 13.2 Å². The molecule has 20 heavy (non-hydrogen) atoms. The molecule has 0 heterocycles. The summed E-state index contributed by atoms with van der Waals surface area (Å²) in [6.07, 6.45) is -0.939. The second-order valence-electron chi connectivity index (χ2n) is 5.81. The zero-order valence-electron chi connectivity index (χ0n) is 12.2. The summed E-state index contributed by atoms with van der Waals surface area (Å²) in [6.45, 7) is 5.38. The van der Waals surface area contributed by atoms with E-state index in [-0.39, 0.29) is 5.75 Å². The number of methoxy groups -OCH3 is 1. The number of nitrogens with one attached hydrogen (secondary N) is 1. The topological polar surface area (TPSA) is 72.5 Å². The smallest absolute Gasteiger partial charge is 0.267 e. The third-order valence-electron chi connectivity index (χ3n) is 2.46. The molecule has 0 saturated heterocycles. The van der Waals surface area contributed by atoms with Gasteiger partial charge < -0.3 is 4.74 Å². The van der Waals surface area contributed by atoms with E-state index in [2.05, 4.69) is 4.72 Å². The van der Waals surface area contributed by atoms with Crippen molar-refractivity contribution in [3.05, 3.63) is 35.9 Å². The van der Waals surface area contributed by atoms with Crippen molar-refractivity contribution in [2.24, 2.45) is 5.41 Å². The molecule has 1 aromatic rings. The van der Waals surface area contributed by atoms with Crippen molar-refractivity contribution in [1.29, 1.82) is 0 Å². The van der Waals surface area contributed by atoms with Gasteiger partial charge in [0.25, 0.3) is 5.91 Å². The molecule has 5 nitrogen and oxygen atoms in total. The first kappa shape index (κ1) is 16.7. The lowest BCUT2D eigenvalue weighted by Crippen LogP contribution is -2.39. The molecule has 0 saturated carbocycles. The third kappa shape index (κ3) is 5.30. The molecule has 0 aliphatic rings. The van der Waals surface area contributed by atoms with Gasteiger partial charge in [0.1, 0.15) is 0 Å². The molecule has 6 heteroatoms. The molecule has 1 rings (SSSR count). The minimum Gasteiger partial charge on any atom is -0.367 e. The van der Waals surface area contributed by atoms with Gasteiger partial charge in [0.05, 0.1) is 5.75 Å². The van der Waals surface area contributed by atoms with Crippen LogP contribution >= 0.6 is 0 Å². The fourth-order valence-electron chi connectivity index (χ4n) is 1.84. The van der Waals surface area contributed by atoms with E-state index < -0.39 is 27.4 Å². The molecular weight excluding hydrogens is 278 g/mol. The lowest BCUT2D eigenvalue weighted by Gasteiger charge is -2.20. The van der Waals surface area contributed by atoms with E-state index in [1.54, 1.807) is 45.0 Å². The van der Waals surface area contributed by atoms with E-state index in [1.807, 2.05) is 6.07 Å². The van der Waals surface area contributed by atoms with E-state index in [0.29, 0.717) is 5.56 Å². The van der Waals surface area contributed by atoms with Crippen LogP contribution in [0, 0.1) is 5.41 Å². The van der Waals surface area contributed by atoms with Crippen molar-refractivity contribution in [1.82, 2.24) is 4.72 Å². The Bertz CT molecular complexity index is 546. The first-order chi connectivity index (χ1) is 9.14. The summed E-state index contributed by atoms with van der Waals surface area (Å²) < 4.78 is 31.0. The Morgan fingerprint density at radius 1 is 1.25 bits per heavy atom. The lowest BCUT2D eigenvalue weighted by atomic mass is 10.0. The summed E-state index contributed by atoms with van der Waals surface area (Å²) in [6, 6.07) is 8.76. The Labute approximate surface area is 120 Å². The molecule has 0 radical (unpaired) electrons. The zero-order chi connectivity index (χ0) is 15.4. The van der Waals surface area contributed by atoms with Gasteiger partial charge >= 0.3 is 0 Å². The van der Waals surface area contributed by atoms with Crippen molar-refractivity contribution in [3.8, 4) is 0 Å². The molecule has 0 aliphatic carbocycles. The molecule has 1 atom stereocenters. The van der Waals surface area contributed by atoms with Crippen molar-refractivity contribution in [2.75, 3.05) is 12.9 Å². The molecular formula is C14H21NO4S. The maximum atomic E-state index is 12.1. The Kier molecular flexibility index (Phi) is 5.30. The van der Waals surface area contributed by atoms with Crippen LogP contribution in [0.1, 0.15) is 32.4 Å². The highest BCUT2D eigenvalue weighted by Gasteiger charge is 2.27. The summed E-state index contributed by atoms with van der Waals surface area (Å²) in [5, 5.41) is 0. The summed E-state index contributed by atoms with van der Waals surface area (Å²) in [5.41, 5.74) is 0.181. The molecule has 0 aliphatic heterocycles. The normalized spacial score (nSPS) is 13.8. The number of ether oxygens (including phenoxy) is 1. The quantitative estimate of drug-likeness (QED) is 0.901. The Morgan fingerprint density at radius 2 is 1.80 bits per heavy atom. The second-order valence-corrected chi connectivity index (χ2v) is 7.53. The highest BCUT2D eigenvalue weighted by molar-refractivity contribution is 7.90. The van der Waals surface area contributed by atoms with Crippen molar-refractivity contribution >= 4 is 15.9 Å². The minimum absolute atomic E-state index is 0.128. The SMILES string of the molecule is COC(C(=O)NS(=O)(=O)CC(C)(C)C)c1ccccc1. The monoisotopic (exact) mass is 299 g/mol. The van der Waals surface area contributed by atoms with Crippen LogP contribution in [0.2, 0.25) is 0 Å². The molecule has 0 bridgehead atoms. The molecule has 1 unspecified atom stereocenters. The third-order valence-corrected chi connectivity index (χ3v) is 4.21. The largest absolute Gasteiger partial charge is 0.367 e. The van der Waals surface area contributed by atoms with Crippen LogP contribution in [-0.4, -0.2) is 27.2 Å². The number of sulfonamides is 1. The van der Waals surface area contributed by atoms with Gasteiger partial charge in [-0.15, -0.1) is 0 Å². The van der Waals surface area contributed by atoms with Gasteiger partial charge in [-0.1, -0.05) is 51.1 Å². The van der Waals surface area contributed by atoms with Gasteiger partial charge in [0.2, 0.25) is 10.0 Å². The van der Waals surface area contributed by atoms with Crippen LogP contribution in [-0.2, 0) is 19.6 Å². The van der Waals surface area contributed by atoms with Gasteiger partial charge in [-0.2, -0.15) is 0 Å². The lowest BCUT2D eigenvalue weighted by molar-refractivity contribution is -0.129. The van der Waals surface area contributed by atoms with Crippen molar-refractivity contribution in [2.45, 2.75) is 26.9 Å². The van der Waals surface area contributed by atoms with Crippen LogP contribution in [0.3, 0.4) is 0 Å². The van der Waals surface area contributed by atoms with E-state index in [1.165, 1.54) is 7.11 Å². The summed E-state index contributed by atoms with van der Waals surface area (Å²) in [5.74, 6) is -0.806. The highest BCUT2D eigenvalue weighted by Crippen LogP contribution is 2.19. The number of carbonyl (C=O) groups excluding carboxylic acids is 1. The molecule has 1 amide bonds. The van der Waals surface area contributed by atoms with E-state index in [0.717, 1.165) is 0 Å². The predicted octanol–water partition coefficient (Wildman–Crippen LogP) is 1.87. The number of hydrogen-bond donors (Lipinski definition) is 1. The van der Waals surface area contributed by atoms with Gasteiger partial charge in [-0.05, 0) is 11.0 Å². The first-order valence-electron chi connectivity index (χ1n) is 6.27. The molecule has 112 valence electrons. The fraction of sp³-hybridized carbons (Fsp3) is 0.500. The Balaban J connectivity index is 2.84. The number of hydrogen-bond acceptors (Lipinski definition) is 4. The standard InChI is InChI=1S/C14H21NO4S/c1-14(2,3)10-20(17,18)15-13(16)12(19-4)11-8-6-5-7-9-11/h5-9,12H,10H2,1-4H3,(H,15,16). The van der Waals surface area contributed by atoms with Gasteiger partial charge in [-0.3, -0.25) is 9.52 Å². The van der Waals surface area contributed by atoms with Crippen LogP contribution < -0.4 is 4.72 Å². The van der Waals surface area contributed by atoms with E-state index >= 15 is 0 Å². The molecule has 1 aromatic carbocycles. The van der Waals surface area contributed by atoms with Crippen LogP contribution in [0.4, 0.5) is 0 Å². The summed E-state index contributed by atoms with van der Waals surface area (Å²) in [7, 11) is -2.31. The number of benzene rings is 1. The van der Waals surface area contributed by atoms with Crippen molar-refractivity contribution in [3.63, 3.8) is 0 Å². The van der Waals surface area contributed by atoms with Gasteiger partial charge in [0.15, 0.2) is 6.10 Å². The van der Waals surface area contributed by atoms with Crippen molar-refractivity contribution < 1.29 is 17.9 Å².